The molecule has 0 saturated heterocycles. The molecule has 0 saturated carbocycles. The smallest absolute Gasteiger partial charge is 0.261 e. The van der Waals surface area contributed by atoms with Crippen LogP contribution in [0.25, 0.3) is 12.2 Å². The van der Waals surface area contributed by atoms with Gasteiger partial charge in [-0.2, -0.15) is 0 Å². The summed E-state index contributed by atoms with van der Waals surface area (Å²) in [6, 6.07) is 14.7. The van der Waals surface area contributed by atoms with Crippen LogP contribution in [-0.4, -0.2) is 29.7 Å². The predicted molar refractivity (Wildman–Crippen MR) is 129 cm³/mol. The lowest BCUT2D eigenvalue weighted by molar-refractivity contribution is 0.324. The van der Waals surface area contributed by atoms with Crippen molar-refractivity contribution in [2.75, 3.05) is 26.1 Å². The molecule has 0 fully saturated rings. The molecule has 0 unspecified atom stereocenters. The molecule has 0 bridgehead atoms. The monoisotopic (exact) mass is 493 g/mol. The Morgan fingerprint density at radius 2 is 1.44 bits per heavy atom. The molecule has 0 heterocycles. The Kier molecular flexibility index (Phi) is 7.56. The highest BCUT2D eigenvalue weighted by Gasteiger charge is 2.16. The lowest BCUT2D eigenvalue weighted by Crippen LogP contribution is -2.12. The number of anilines is 1. The van der Waals surface area contributed by atoms with Crippen molar-refractivity contribution in [3.8, 4) is 17.2 Å². The molecule has 3 aromatic rings. The minimum Gasteiger partial charge on any atom is -0.493 e. The van der Waals surface area contributed by atoms with E-state index in [0.29, 0.717) is 22.9 Å². The molecule has 1 N–H and O–H groups in total. The number of sulfonamides is 1. The molecule has 0 radical (unpaired) electrons. The first-order valence-electron chi connectivity index (χ1n) is 9.33. The normalized spacial score (nSPS) is 11.4. The molecule has 6 nitrogen and oxygen atoms in total. The zero-order valence-electron chi connectivity index (χ0n) is 17.6. The number of hydrogen-bond acceptors (Lipinski definition) is 5. The average Bonchev–Trinajstić information content (AvgIpc) is 2.78. The summed E-state index contributed by atoms with van der Waals surface area (Å²) >= 11 is 11.8. The Morgan fingerprint density at radius 1 is 0.781 bits per heavy atom. The zero-order chi connectivity index (χ0) is 23.3. The number of halogens is 2. The Bertz CT molecular complexity index is 1230. The van der Waals surface area contributed by atoms with Crippen LogP contribution < -0.4 is 18.9 Å². The SMILES string of the molecule is COc1cc(C=Cc2cccc(NS(=O)(=O)c3ccc(Cl)c(Cl)c3)c2)cc(OC)c1OC. The molecule has 0 spiro atoms. The third kappa shape index (κ3) is 5.48. The maximum Gasteiger partial charge on any atom is 0.261 e. The largest absolute Gasteiger partial charge is 0.493 e. The molecular formula is C23H21Cl2NO5S. The number of ether oxygens (including phenoxy) is 3. The first kappa shape index (κ1) is 23.8. The van der Waals surface area contributed by atoms with E-state index in [0.717, 1.165) is 11.1 Å². The van der Waals surface area contributed by atoms with E-state index in [4.69, 9.17) is 37.4 Å². The molecule has 168 valence electrons. The van der Waals surface area contributed by atoms with Crippen LogP contribution in [0.4, 0.5) is 5.69 Å². The van der Waals surface area contributed by atoms with Gasteiger partial charge in [-0.15, -0.1) is 0 Å². The topological polar surface area (TPSA) is 73.9 Å². The summed E-state index contributed by atoms with van der Waals surface area (Å²) in [5, 5.41) is 0.445. The standard InChI is InChI=1S/C23H21Cl2NO5S/c1-29-21-12-16(13-22(30-2)23(21)31-3)8-7-15-5-4-6-17(11-15)26-32(27,28)18-9-10-19(24)20(25)14-18/h4-14,26H,1-3H3. The summed E-state index contributed by atoms with van der Waals surface area (Å²) in [7, 11) is 0.815. The van der Waals surface area contributed by atoms with Crippen molar-refractivity contribution >= 4 is 51.1 Å². The van der Waals surface area contributed by atoms with Gasteiger partial charge in [0.15, 0.2) is 11.5 Å². The van der Waals surface area contributed by atoms with Crippen molar-refractivity contribution in [1.82, 2.24) is 0 Å². The Balaban J connectivity index is 1.85. The molecular weight excluding hydrogens is 473 g/mol. The van der Waals surface area contributed by atoms with Gasteiger partial charge in [-0.1, -0.05) is 47.5 Å². The van der Waals surface area contributed by atoms with Crippen LogP contribution in [0.2, 0.25) is 10.0 Å². The van der Waals surface area contributed by atoms with Crippen molar-refractivity contribution in [2.24, 2.45) is 0 Å². The second-order valence-electron chi connectivity index (χ2n) is 6.60. The number of methoxy groups -OCH3 is 3. The average molecular weight is 494 g/mol. The van der Waals surface area contributed by atoms with Gasteiger partial charge in [-0.3, -0.25) is 4.72 Å². The van der Waals surface area contributed by atoms with Gasteiger partial charge in [-0.25, -0.2) is 8.42 Å². The fraction of sp³-hybridized carbons (Fsp3) is 0.130. The highest BCUT2D eigenvalue weighted by molar-refractivity contribution is 7.92. The summed E-state index contributed by atoms with van der Waals surface area (Å²) in [6.45, 7) is 0. The van der Waals surface area contributed by atoms with Crippen LogP contribution in [-0.2, 0) is 10.0 Å². The fourth-order valence-corrected chi connectivity index (χ4v) is 4.39. The second kappa shape index (κ2) is 10.2. The van der Waals surface area contributed by atoms with Crippen LogP contribution in [0.3, 0.4) is 0 Å². The number of hydrogen-bond donors (Lipinski definition) is 1. The highest BCUT2D eigenvalue weighted by Crippen LogP contribution is 2.38. The van der Waals surface area contributed by atoms with Crippen molar-refractivity contribution in [3.63, 3.8) is 0 Å². The lowest BCUT2D eigenvalue weighted by Gasteiger charge is -2.13. The summed E-state index contributed by atoms with van der Waals surface area (Å²) in [4.78, 5) is 0.0188. The van der Waals surface area contributed by atoms with E-state index in [2.05, 4.69) is 4.72 Å². The van der Waals surface area contributed by atoms with E-state index >= 15 is 0 Å². The number of nitrogens with one attached hydrogen (secondary N) is 1. The molecule has 0 aliphatic heterocycles. The first-order chi connectivity index (χ1) is 15.3. The minimum atomic E-state index is -3.83. The van der Waals surface area contributed by atoms with E-state index in [1.165, 1.54) is 18.2 Å². The Hall–Kier alpha value is -2.87. The Labute approximate surface area is 197 Å². The number of rotatable bonds is 8. The zero-order valence-corrected chi connectivity index (χ0v) is 19.9. The van der Waals surface area contributed by atoms with Gasteiger partial charge >= 0.3 is 0 Å². The van der Waals surface area contributed by atoms with Crippen LogP contribution in [0.15, 0.2) is 59.5 Å². The van der Waals surface area contributed by atoms with Gasteiger partial charge in [0.1, 0.15) is 0 Å². The van der Waals surface area contributed by atoms with Crippen LogP contribution in [0.5, 0.6) is 17.2 Å². The van der Waals surface area contributed by atoms with Crippen LogP contribution in [0.1, 0.15) is 11.1 Å². The van der Waals surface area contributed by atoms with Gasteiger partial charge in [0.05, 0.1) is 36.3 Å². The maximum absolute atomic E-state index is 12.7. The molecule has 0 atom stereocenters. The predicted octanol–water partition coefficient (Wildman–Crippen LogP) is 5.99. The van der Waals surface area contributed by atoms with Crippen molar-refractivity contribution in [2.45, 2.75) is 4.90 Å². The molecule has 3 rings (SSSR count). The first-order valence-corrected chi connectivity index (χ1v) is 11.6. The van der Waals surface area contributed by atoms with E-state index in [1.807, 2.05) is 30.4 Å². The maximum atomic E-state index is 12.7. The quantitative estimate of drug-likeness (QED) is 0.390. The molecule has 0 aromatic heterocycles. The van der Waals surface area contributed by atoms with Gasteiger partial charge in [0, 0.05) is 5.69 Å². The van der Waals surface area contributed by atoms with Gasteiger partial charge in [-0.05, 0) is 53.6 Å². The highest BCUT2D eigenvalue weighted by atomic mass is 35.5. The van der Waals surface area contributed by atoms with Gasteiger partial charge in [0.25, 0.3) is 10.0 Å². The summed E-state index contributed by atoms with van der Waals surface area (Å²) in [6.07, 6.45) is 3.70. The van der Waals surface area contributed by atoms with E-state index in [1.54, 1.807) is 39.5 Å². The van der Waals surface area contributed by atoms with E-state index in [-0.39, 0.29) is 14.9 Å². The lowest BCUT2D eigenvalue weighted by atomic mass is 10.1. The van der Waals surface area contributed by atoms with Crippen molar-refractivity contribution in [3.05, 3.63) is 75.8 Å². The minimum absolute atomic E-state index is 0.0188. The van der Waals surface area contributed by atoms with Crippen molar-refractivity contribution in [1.29, 1.82) is 0 Å². The van der Waals surface area contributed by atoms with Crippen LogP contribution in [0, 0.1) is 0 Å². The third-order valence-corrected chi connectivity index (χ3v) is 6.61. The van der Waals surface area contributed by atoms with Gasteiger partial charge in [0.2, 0.25) is 5.75 Å². The molecule has 0 aliphatic carbocycles. The molecule has 0 aliphatic rings. The molecule has 3 aromatic carbocycles. The third-order valence-electron chi connectivity index (χ3n) is 4.50. The summed E-state index contributed by atoms with van der Waals surface area (Å²) in [5.74, 6) is 1.58. The van der Waals surface area contributed by atoms with Crippen molar-refractivity contribution < 1.29 is 22.6 Å². The Morgan fingerprint density at radius 3 is 2.03 bits per heavy atom. The van der Waals surface area contributed by atoms with E-state index in [9.17, 15) is 8.42 Å². The number of benzene rings is 3. The second-order valence-corrected chi connectivity index (χ2v) is 9.10. The molecule has 0 amide bonds. The van der Waals surface area contributed by atoms with E-state index < -0.39 is 10.0 Å². The van der Waals surface area contributed by atoms with Gasteiger partial charge < -0.3 is 14.2 Å². The van der Waals surface area contributed by atoms with Crippen LogP contribution >= 0.6 is 23.2 Å². The fourth-order valence-electron chi connectivity index (χ4n) is 2.95. The molecule has 32 heavy (non-hydrogen) atoms. The summed E-state index contributed by atoms with van der Waals surface area (Å²) < 4.78 is 44.0. The molecule has 9 heteroatoms. The summed E-state index contributed by atoms with van der Waals surface area (Å²) in [5.41, 5.74) is 2.01.